The van der Waals surface area contributed by atoms with Crippen molar-refractivity contribution in [2.45, 2.75) is 31.4 Å². The molecular weight excluding hydrogens is 300 g/mol. The lowest BCUT2D eigenvalue weighted by Gasteiger charge is -2.38. The van der Waals surface area contributed by atoms with Gasteiger partial charge in [0, 0.05) is 13.1 Å². The Labute approximate surface area is 123 Å². The number of carbonyl (C=O) groups is 2. The van der Waals surface area contributed by atoms with Crippen LogP contribution in [0.2, 0.25) is 0 Å². The monoisotopic (exact) mass is 320 g/mol. The third kappa shape index (κ3) is 3.72. The van der Waals surface area contributed by atoms with Crippen LogP contribution >= 0.6 is 0 Å². The number of carbonyl (C=O) groups excluding carboxylic acids is 1. The molecule has 9 heteroatoms. The van der Waals surface area contributed by atoms with Crippen molar-refractivity contribution in [1.82, 2.24) is 9.21 Å². The summed E-state index contributed by atoms with van der Waals surface area (Å²) in [7, 11) is -3.45. The Morgan fingerprint density at radius 1 is 1.24 bits per heavy atom. The molecule has 2 aliphatic heterocycles. The second-order valence-electron chi connectivity index (χ2n) is 5.37. The van der Waals surface area contributed by atoms with Crippen molar-refractivity contribution in [2.75, 3.05) is 32.5 Å². The Hall–Kier alpha value is -1.19. The molecule has 0 aromatic carbocycles. The quantitative estimate of drug-likeness (QED) is 0.723. The van der Waals surface area contributed by atoms with Gasteiger partial charge in [-0.25, -0.2) is 13.2 Å². The second-order valence-corrected chi connectivity index (χ2v) is 7.30. The van der Waals surface area contributed by atoms with E-state index in [9.17, 15) is 18.0 Å². The van der Waals surface area contributed by atoms with Crippen molar-refractivity contribution in [3.8, 4) is 0 Å². The van der Waals surface area contributed by atoms with Crippen LogP contribution < -0.4 is 0 Å². The molecule has 0 saturated carbocycles. The van der Waals surface area contributed by atoms with E-state index in [1.54, 1.807) is 0 Å². The molecule has 0 aromatic rings. The van der Waals surface area contributed by atoms with Gasteiger partial charge >= 0.3 is 5.97 Å². The number of carboxylic acid groups (broad SMARTS) is 1. The van der Waals surface area contributed by atoms with Crippen LogP contribution in [0.25, 0.3) is 0 Å². The van der Waals surface area contributed by atoms with Crippen LogP contribution in [0.3, 0.4) is 0 Å². The topological polar surface area (TPSA) is 104 Å². The maximum atomic E-state index is 12.5. The zero-order valence-corrected chi connectivity index (χ0v) is 12.7. The number of aliphatic carboxylic acids is 1. The van der Waals surface area contributed by atoms with Crippen LogP contribution in [0.4, 0.5) is 0 Å². The zero-order chi connectivity index (χ0) is 15.6. The number of hydrogen-bond donors (Lipinski definition) is 1. The van der Waals surface area contributed by atoms with Crippen molar-refractivity contribution >= 4 is 21.9 Å². The zero-order valence-electron chi connectivity index (χ0n) is 11.9. The maximum Gasteiger partial charge on any atom is 0.334 e. The average Bonchev–Trinajstić information content (AvgIpc) is 2.45. The van der Waals surface area contributed by atoms with Gasteiger partial charge in [-0.15, -0.1) is 0 Å². The highest BCUT2D eigenvalue weighted by molar-refractivity contribution is 7.88. The summed E-state index contributed by atoms with van der Waals surface area (Å²) in [4.78, 5) is 24.9. The van der Waals surface area contributed by atoms with Crippen molar-refractivity contribution in [1.29, 1.82) is 0 Å². The lowest BCUT2D eigenvalue weighted by atomic mass is 10.0. The molecule has 0 bridgehead atoms. The first kappa shape index (κ1) is 16.2. The second kappa shape index (κ2) is 6.29. The molecule has 0 radical (unpaired) electrons. The van der Waals surface area contributed by atoms with Crippen LogP contribution in [0, 0.1) is 0 Å². The van der Waals surface area contributed by atoms with Gasteiger partial charge < -0.3 is 14.7 Å². The minimum absolute atomic E-state index is 0.0394. The van der Waals surface area contributed by atoms with Gasteiger partial charge in [0.2, 0.25) is 15.9 Å². The highest BCUT2D eigenvalue weighted by atomic mass is 32.2. The molecule has 2 aliphatic rings. The number of hydrogen-bond acceptors (Lipinski definition) is 5. The number of amides is 1. The Kier molecular flexibility index (Phi) is 4.84. The summed E-state index contributed by atoms with van der Waals surface area (Å²) in [5.41, 5.74) is 0. The SMILES string of the molecule is CS(=O)(=O)N1CCCC[C@H]1C(=O)N1CCO[C@H](C(=O)O)C1. The van der Waals surface area contributed by atoms with Crippen molar-refractivity contribution in [2.24, 2.45) is 0 Å². The summed E-state index contributed by atoms with van der Waals surface area (Å²) in [6, 6.07) is -0.721. The first-order valence-electron chi connectivity index (χ1n) is 6.90. The van der Waals surface area contributed by atoms with E-state index in [2.05, 4.69) is 0 Å². The lowest BCUT2D eigenvalue weighted by Crippen LogP contribution is -2.57. The Morgan fingerprint density at radius 2 is 1.95 bits per heavy atom. The Bertz CT molecular complexity index is 520. The van der Waals surface area contributed by atoms with Gasteiger partial charge in [0.1, 0.15) is 6.04 Å². The fourth-order valence-electron chi connectivity index (χ4n) is 2.76. The number of piperidine rings is 1. The molecule has 2 rings (SSSR count). The van der Waals surface area contributed by atoms with Gasteiger partial charge in [-0.3, -0.25) is 4.79 Å². The first-order valence-corrected chi connectivity index (χ1v) is 8.75. The number of carboxylic acids is 1. The average molecular weight is 320 g/mol. The number of morpholine rings is 1. The van der Waals surface area contributed by atoms with Gasteiger partial charge in [-0.1, -0.05) is 6.42 Å². The molecule has 1 amide bonds. The normalized spacial score (nSPS) is 28.3. The van der Waals surface area contributed by atoms with E-state index in [1.807, 2.05) is 0 Å². The third-order valence-electron chi connectivity index (χ3n) is 3.82. The van der Waals surface area contributed by atoms with Gasteiger partial charge in [0.05, 0.1) is 19.4 Å². The molecule has 2 heterocycles. The summed E-state index contributed by atoms with van der Waals surface area (Å²) in [6.45, 7) is 0.731. The van der Waals surface area contributed by atoms with E-state index in [4.69, 9.17) is 9.84 Å². The molecule has 2 atom stereocenters. The summed E-state index contributed by atoms with van der Waals surface area (Å²) in [5, 5.41) is 8.96. The summed E-state index contributed by atoms with van der Waals surface area (Å²) in [6.07, 6.45) is 2.05. The van der Waals surface area contributed by atoms with Crippen molar-refractivity contribution < 1.29 is 27.9 Å². The molecule has 0 aromatic heterocycles. The molecule has 0 unspecified atom stereocenters. The highest BCUT2D eigenvalue weighted by Crippen LogP contribution is 2.22. The lowest BCUT2D eigenvalue weighted by molar-refractivity contribution is -0.160. The molecular formula is C12H20N2O6S. The number of rotatable bonds is 3. The third-order valence-corrected chi connectivity index (χ3v) is 5.11. The molecule has 2 saturated heterocycles. The van der Waals surface area contributed by atoms with Crippen LogP contribution in [-0.4, -0.2) is 79.2 Å². The molecule has 21 heavy (non-hydrogen) atoms. The largest absolute Gasteiger partial charge is 0.479 e. The highest BCUT2D eigenvalue weighted by Gasteiger charge is 2.39. The fourth-order valence-corrected chi connectivity index (χ4v) is 3.88. The molecule has 0 aliphatic carbocycles. The van der Waals surface area contributed by atoms with E-state index in [1.165, 1.54) is 9.21 Å². The molecule has 8 nitrogen and oxygen atoms in total. The van der Waals surface area contributed by atoms with Gasteiger partial charge in [0.25, 0.3) is 0 Å². The number of ether oxygens (including phenoxy) is 1. The molecule has 1 N–H and O–H groups in total. The molecule has 2 fully saturated rings. The Morgan fingerprint density at radius 3 is 2.57 bits per heavy atom. The number of nitrogens with zero attached hydrogens (tertiary/aromatic N) is 2. The minimum Gasteiger partial charge on any atom is -0.479 e. The van der Waals surface area contributed by atoms with Crippen LogP contribution in [-0.2, 0) is 24.3 Å². The van der Waals surface area contributed by atoms with Crippen LogP contribution in [0.15, 0.2) is 0 Å². The predicted molar refractivity (Wildman–Crippen MR) is 73.1 cm³/mol. The van der Waals surface area contributed by atoms with E-state index < -0.39 is 28.1 Å². The summed E-state index contributed by atoms with van der Waals surface area (Å²) >= 11 is 0. The van der Waals surface area contributed by atoms with Gasteiger partial charge in [-0.2, -0.15) is 4.31 Å². The van der Waals surface area contributed by atoms with Gasteiger partial charge in [-0.05, 0) is 12.8 Å². The standard InChI is InChI=1S/C12H20N2O6S/c1-21(18,19)14-5-3-2-4-9(14)11(15)13-6-7-20-10(8-13)12(16)17/h9-10H,2-8H2,1H3,(H,16,17)/t9-,10-/m0/s1. The van der Waals surface area contributed by atoms with E-state index >= 15 is 0 Å². The van der Waals surface area contributed by atoms with E-state index in [0.29, 0.717) is 13.0 Å². The summed E-state index contributed by atoms with van der Waals surface area (Å²) in [5.74, 6) is -1.44. The summed E-state index contributed by atoms with van der Waals surface area (Å²) < 4.78 is 29.9. The van der Waals surface area contributed by atoms with E-state index in [-0.39, 0.29) is 25.6 Å². The predicted octanol–water partition coefficient (Wildman–Crippen LogP) is -0.887. The maximum absolute atomic E-state index is 12.5. The van der Waals surface area contributed by atoms with Crippen molar-refractivity contribution in [3.63, 3.8) is 0 Å². The van der Waals surface area contributed by atoms with Crippen LogP contribution in [0.5, 0.6) is 0 Å². The molecule has 120 valence electrons. The fraction of sp³-hybridized carbons (Fsp3) is 0.833. The van der Waals surface area contributed by atoms with Gasteiger partial charge in [0.15, 0.2) is 6.10 Å². The minimum atomic E-state index is -3.45. The van der Waals surface area contributed by atoms with Crippen LogP contribution in [0.1, 0.15) is 19.3 Å². The van der Waals surface area contributed by atoms with E-state index in [0.717, 1.165) is 19.1 Å². The first-order chi connectivity index (χ1) is 9.80. The Balaban J connectivity index is 2.12. The molecule has 0 spiro atoms. The smallest absolute Gasteiger partial charge is 0.334 e. The number of sulfonamides is 1. The van der Waals surface area contributed by atoms with Crippen molar-refractivity contribution in [3.05, 3.63) is 0 Å².